The molecule has 2 rings (SSSR count). The molecule has 0 saturated heterocycles. The quantitative estimate of drug-likeness (QED) is 0.647. The number of benzene rings is 2. The van der Waals surface area contributed by atoms with Crippen molar-refractivity contribution in [3.05, 3.63) is 69.7 Å². The maximum absolute atomic E-state index is 13.6. The third kappa shape index (κ3) is 3.85. The highest BCUT2D eigenvalue weighted by Gasteiger charge is 2.14. The molecule has 1 atom stereocenters. The Morgan fingerprint density at radius 1 is 1.05 bits per heavy atom. The third-order valence-electron chi connectivity index (χ3n) is 3.13. The van der Waals surface area contributed by atoms with E-state index >= 15 is 0 Å². The van der Waals surface area contributed by atoms with Gasteiger partial charge in [0.15, 0.2) is 11.6 Å². The number of hydrogen-bond acceptors (Lipinski definition) is 2. The highest BCUT2D eigenvalue weighted by atomic mass is 79.9. The Hall–Kier alpha value is -1.30. The van der Waals surface area contributed by atoms with Crippen LogP contribution in [-0.4, -0.2) is 6.04 Å². The van der Waals surface area contributed by atoms with E-state index in [0.29, 0.717) is 18.4 Å². The first-order valence-electron chi connectivity index (χ1n) is 6.23. The van der Waals surface area contributed by atoms with Crippen molar-refractivity contribution in [3.8, 4) is 0 Å². The molecule has 2 aromatic rings. The second kappa shape index (κ2) is 6.92. The highest BCUT2D eigenvalue weighted by Crippen LogP contribution is 2.16. The van der Waals surface area contributed by atoms with E-state index in [-0.39, 0.29) is 6.04 Å². The summed E-state index contributed by atoms with van der Waals surface area (Å²) in [6, 6.07) is 11.8. The highest BCUT2D eigenvalue weighted by molar-refractivity contribution is 9.10. The molecule has 3 N–H and O–H groups in total. The Labute approximate surface area is 125 Å². The zero-order valence-electron chi connectivity index (χ0n) is 10.7. The van der Waals surface area contributed by atoms with Crippen molar-refractivity contribution < 1.29 is 8.78 Å². The van der Waals surface area contributed by atoms with Crippen molar-refractivity contribution in [1.82, 2.24) is 5.43 Å². The summed E-state index contributed by atoms with van der Waals surface area (Å²) in [4.78, 5) is 0. The fourth-order valence-electron chi connectivity index (χ4n) is 2.07. The van der Waals surface area contributed by atoms with Gasteiger partial charge in [0.05, 0.1) is 0 Å². The lowest BCUT2D eigenvalue weighted by atomic mass is 9.99. The van der Waals surface area contributed by atoms with E-state index in [9.17, 15) is 8.78 Å². The molecule has 0 heterocycles. The minimum Gasteiger partial charge on any atom is -0.271 e. The number of rotatable bonds is 5. The fraction of sp³-hybridized carbons (Fsp3) is 0.200. The van der Waals surface area contributed by atoms with Gasteiger partial charge in [0.25, 0.3) is 0 Å². The van der Waals surface area contributed by atoms with E-state index in [4.69, 9.17) is 5.84 Å². The molecule has 0 spiro atoms. The molecule has 0 aliphatic carbocycles. The molecule has 20 heavy (non-hydrogen) atoms. The summed E-state index contributed by atoms with van der Waals surface area (Å²) in [6.07, 6.45) is 0.968. The van der Waals surface area contributed by atoms with Crippen LogP contribution >= 0.6 is 15.9 Å². The Balaban J connectivity index is 2.09. The summed E-state index contributed by atoms with van der Waals surface area (Å²) in [6.45, 7) is 0. The minimum absolute atomic E-state index is 0.160. The summed E-state index contributed by atoms with van der Waals surface area (Å²) < 4.78 is 27.8. The molecule has 0 aromatic heterocycles. The van der Waals surface area contributed by atoms with Gasteiger partial charge in [-0.2, -0.15) is 0 Å². The molecule has 5 heteroatoms. The topological polar surface area (TPSA) is 38.0 Å². The monoisotopic (exact) mass is 340 g/mol. The van der Waals surface area contributed by atoms with Gasteiger partial charge in [0, 0.05) is 10.5 Å². The van der Waals surface area contributed by atoms with Gasteiger partial charge in [0.2, 0.25) is 0 Å². The lowest BCUT2D eigenvalue weighted by Gasteiger charge is -2.16. The first kappa shape index (κ1) is 15.1. The van der Waals surface area contributed by atoms with E-state index in [1.54, 1.807) is 6.07 Å². The number of hydrazine groups is 1. The van der Waals surface area contributed by atoms with E-state index in [2.05, 4.69) is 21.4 Å². The molecule has 106 valence electrons. The zero-order chi connectivity index (χ0) is 14.5. The van der Waals surface area contributed by atoms with Crippen LogP contribution < -0.4 is 11.3 Å². The van der Waals surface area contributed by atoms with Crippen molar-refractivity contribution in [2.75, 3.05) is 0 Å². The summed E-state index contributed by atoms with van der Waals surface area (Å²) >= 11 is 3.37. The van der Waals surface area contributed by atoms with Crippen LogP contribution in [0.25, 0.3) is 0 Å². The van der Waals surface area contributed by atoms with Crippen LogP contribution in [0.2, 0.25) is 0 Å². The van der Waals surface area contributed by atoms with Crippen molar-refractivity contribution in [2.24, 2.45) is 5.84 Å². The van der Waals surface area contributed by atoms with Crippen molar-refractivity contribution in [1.29, 1.82) is 0 Å². The van der Waals surface area contributed by atoms with Crippen LogP contribution in [0, 0.1) is 11.6 Å². The van der Waals surface area contributed by atoms with Gasteiger partial charge in [-0.15, -0.1) is 0 Å². The van der Waals surface area contributed by atoms with Gasteiger partial charge in [-0.25, -0.2) is 8.78 Å². The Kier molecular flexibility index (Phi) is 5.23. The lowest BCUT2D eigenvalue weighted by Crippen LogP contribution is -2.38. The normalized spacial score (nSPS) is 12.4. The minimum atomic E-state index is -0.832. The largest absolute Gasteiger partial charge is 0.271 e. The van der Waals surface area contributed by atoms with Crippen LogP contribution in [0.15, 0.2) is 46.9 Å². The zero-order valence-corrected chi connectivity index (χ0v) is 12.3. The third-order valence-corrected chi connectivity index (χ3v) is 3.66. The standard InChI is InChI=1S/C15H15BrF2N2/c16-12-6-4-10(5-7-12)8-13(20-19)9-11-2-1-3-14(17)15(11)18/h1-7,13,20H,8-9,19H2. The van der Waals surface area contributed by atoms with Crippen molar-refractivity contribution in [2.45, 2.75) is 18.9 Å². The summed E-state index contributed by atoms with van der Waals surface area (Å²) in [5, 5.41) is 0. The van der Waals surface area contributed by atoms with Gasteiger partial charge in [-0.05, 0) is 42.2 Å². The van der Waals surface area contributed by atoms with Gasteiger partial charge in [-0.1, -0.05) is 40.2 Å². The molecule has 0 amide bonds. The number of hydrogen-bond donors (Lipinski definition) is 2. The van der Waals surface area contributed by atoms with E-state index in [0.717, 1.165) is 16.1 Å². The second-order valence-electron chi connectivity index (χ2n) is 4.61. The van der Waals surface area contributed by atoms with Gasteiger partial charge >= 0.3 is 0 Å². The predicted molar refractivity (Wildman–Crippen MR) is 79.0 cm³/mol. The molecule has 2 nitrogen and oxygen atoms in total. The molecular formula is C15H15BrF2N2. The van der Waals surface area contributed by atoms with E-state index in [1.165, 1.54) is 6.07 Å². The van der Waals surface area contributed by atoms with Gasteiger partial charge in [0.1, 0.15) is 0 Å². The van der Waals surface area contributed by atoms with Gasteiger partial charge < -0.3 is 0 Å². The van der Waals surface area contributed by atoms with Crippen LogP contribution in [0.1, 0.15) is 11.1 Å². The van der Waals surface area contributed by atoms with Crippen LogP contribution in [-0.2, 0) is 12.8 Å². The molecule has 0 aliphatic rings. The molecule has 0 saturated carbocycles. The molecule has 0 aliphatic heterocycles. The maximum atomic E-state index is 13.6. The summed E-state index contributed by atoms with van der Waals surface area (Å²) in [7, 11) is 0. The Morgan fingerprint density at radius 2 is 1.75 bits per heavy atom. The van der Waals surface area contributed by atoms with Crippen LogP contribution in [0.3, 0.4) is 0 Å². The Bertz CT molecular complexity index is 573. The van der Waals surface area contributed by atoms with Crippen LogP contribution in [0.5, 0.6) is 0 Å². The molecule has 0 radical (unpaired) electrons. The van der Waals surface area contributed by atoms with Crippen molar-refractivity contribution >= 4 is 15.9 Å². The van der Waals surface area contributed by atoms with Gasteiger partial charge in [-0.3, -0.25) is 11.3 Å². The summed E-state index contributed by atoms with van der Waals surface area (Å²) in [5.74, 6) is 3.88. The molecule has 1 unspecified atom stereocenters. The van der Waals surface area contributed by atoms with Crippen molar-refractivity contribution in [3.63, 3.8) is 0 Å². The van der Waals surface area contributed by atoms with E-state index in [1.807, 2.05) is 24.3 Å². The molecule has 0 bridgehead atoms. The number of nitrogens with one attached hydrogen (secondary N) is 1. The first-order chi connectivity index (χ1) is 9.60. The number of halogens is 3. The second-order valence-corrected chi connectivity index (χ2v) is 5.53. The smallest absolute Gasteiger partial charge is 0.162 e. The van der Waals surface area contributed by atoms with Crippen LogP contribution in [0.4, 0.5) is 8.78 Å². The molecular weight excluding hydrogens is 326 g/mol. The average Bonchev–Trinajstić information content (AvgIpc) is 2.45. The SMILES string of the molecule is NNC(Cc1ccc(Br)cc1)Cc1cccc(F)c1F. The summed E-state index contributed by atoms with van der Waals surface area (Å²) in [5.41, 5.74) is 4.06. The lowest BCUT2D eigenvalue weighted by molar-refractivity contribution is 0.474. The molecule has 0 fully saturated rings. The average molecular weight is 341 g/mol. The first-order valence-corrected chi connectivity index (χ1v) is 7.03. The maximum Gasteiger partial charge on any atom is 0.162 e. The predicted octanol–water partition coefficient (Wildman–Crippen LogP) is 3.34. The molecule has 2 aromatic carbocycles. The Morgan fingerprint density at radius 3 is 2.40 bits per heavy atom. The fourth-order valence-corrected chi connectivity index (χ4v) is 2.33. The number of nitrogens with two attached hydrogens (primary N) is 1. The van der Waals surface area contributed by atoms with E-state index < -0.39 is 11.6 Å².